The van der Waals surface area contributed by atoms with Crippen LogP contribution in [0.25, 0.3) is 0 Å². The minimum atomic E-state index is -0.0304. The second kappa shape index (κ2) is 4.53. The Kier molecular flexibility index (Phi) is 2.88. The van der Waals surface area contributed by atoms with E-state index in [0.29, 0.717) is 11.9 Å². The van der Waals surface area contributed by atoms with Gasteiger partial charge in [-0.1, -0.05) is 29.8 Å². The molecule has 0 unspecified atom stereocenters. The van der Waals surface area contributed by atoms with E-state index in [-0.39, 0.29) is 6.61 Å². The van der Waals surface area contributed by atoms with Gasteiger partial charge in [0.1, 0.15) is 12.4 Å². The van der Waals surface area contributed by atoms with Crippen LogP contribution >= 0.6 is 0 Å². The first kappa shape index (κ1) is 11.4. The molecule has 2 aromatic rings. The van der Waals surface area contributed by atoms with Gasteiger partial charge in [-0.2, -0.15) is 0 Å². The van der Waals surface area contributed by atoms with Gasteiger partial charge in [0.05, 0.1) is 0 Å². The lowest BCUT2D eigenvalue weighted by Gasteiger charge is -2.07. The molecule has 0 atom stereocenters. The molecule has 0 bridgehead atoms. The number of hydrogen-bond donors (Lipinski definition) is 1. The molecule has 0 saturated heterocycles. The number of aliphatic hydroxyl groups is 1. The van der Waals surface area contributed by atoms with Crippen molar-refractivity contribution in [3.8, 4) is 0 Å². The Morgan fingerprint density at radius 2 is 1.83 bits per heavy atom. The summed E-state index contributed by atoms with van der Waals surface area (Å²) in [5, 5.41) is 17.6. The number of aliphatic hydroxyl groups excluding tert-OH is 1. The summed E-state index contributed by atoms with van der Waals surface area (Å²) in [5.41, 5.74) is 2.50. The van der Waals surface area contributed by atoms with E-state index in [0.717, 1.165) is 12.2 Å². The molecule has 0 radical (unpaired) electrons. The first-order valence-corrected chi connectivity index (χ1v) is 6.37. The zero-order valence-electron chi connectivity index (χ0n) is 10.5. The summed E-state index contributed by atoms with van der Waals surface area (Å²) < 4.78 is 2.11. The van der Waals surface area contributed by atoms with Gasteiger partial charge in [0, 0.05) is 12.5 Å². The lowest BCUT2D eigenvalue weighted by molar-refractivity contribution is 0.264. The third kappa shape index (κ3) is 2.16. The van der Waals surface area contributed by atoms with Crippen LogP contribution in [0.5, 0.6) is 0 Å². The summed E-state index contributed by atoms with van der Waals surface area (Å²) in [5.74, 6) is 1.66. The maximum Gasteiger partial charge on any atom is 0.159 e. The lowest BCUT2D eigenvalue weighted by Crippen LogP contribution is -2.06. The van der Waals surface area contributed by atoms with Crippen LogP contribution in [0.15, 0.2) is 24.3 Å². The van der Waals surface area contributed by atoms with Gasteiger partial charge in [0.25, 0.3) is 0 Å². The highest BCUT2D eigenvalue weighted by atomic mass is 16.3. The second-order valence-electron chi connectivity index (χ2n) is 4.95. The monoisotopic (exact) mass is 243 g/mol. The van der Waals surface area contributed by atoms with Crippen molar-refractivity contribution >= 4 is 0 Å². The SMILES string of the molecule is Cc1ccc(Cc2nnc(CO)n2C2CC2)cc1. The molecule has 0 spiro atoms. The molecule has 1 N–H and O–H groups in total. The summed E-state index contributed by atoms with van der Waals surface area (Å²) in [6.07, 6.45) is 3.13. The molecular weight excluding hydrogens is 226 g/mol. The molecule has 0 aliphatic heterocycles. The van der Waals surface area contributed by atoms with E-state index >= 15 is 0 Å². The molecule has 4 nitrogen and oxygen atoms in total. The number of rotatable bonds is 4. The summed E-state index contributed by atoms with van der Waals surface area (Å²) >= 11 is 0. The summed E-state index contributed by atoms with van der Waals surface area (Å²) in [7, 11) is 0. The van der Waals surface area contributed by atoms with Crippen molar-refractivity contribution in [3.05, 3.63) is 47.0 Å². The van der Waals surface area contributed by atoms with Gasteiger partial charge >= 0.3 is 0 Å². The molecule has 4 heteroatoms. The van der Waals surface area contributed by atoms with E-state index in [1.807, 2.05) is 0 Å². The maximum atomic E-state index is 9.29. The van der Waals surface area contributed by atoms with Crippen LogP contribution in [0.2, 0.25) is 0 Å². The average molecular weight is 243 g/mol. The van der Waals surface area contributed by atoms with Crippen LogP contribution in [0.3, 0.4) is 0 Å². The van der Waals surface area contributed by atoms with Crippen LogP contribution in [-0.2, 0) is 13.0 Å². The average Bonchev–Trinajstić information content (AvgIpc) is 3.14. The number of nitrogens with zero attached hydrogens (tertiary/aromatic N) is 3. The van der Waals surface area contributed by atoms with Crippen LogP contribution in [0.1, 0.15) is 41.7 Å². The Bertz CT molecular complexity index is 541. The lowest BCUT2D eigenvalue weighted by atomic mass is 10.1. The van der Waals surface area contributed by atoms with Gasteiger partial charge in [0.2, 0.25) is 0 Å². The molecule has 94 valence electrons. The van der Waals surface area contributed by atoms with Crippen molar-refractivity contribution in [2.45, 2.75) is 38.8 Å². The Balaban J connectivity index is 1.88. The molecule has 1 fully saturated rings. The molecule has 1 aliphatic rings. The van der Waals surface area contributed by atoms with Crippen LogP contribution in [0, 0.1) is 6.92 Å². The molecule has 1 aliphatic carbocycles. The Morgan fingerprint density at radius 3 is 2.44 bits per heavy atom. The fraction of sp³-hybridized carbons (Fsp3) is 0.429. The first-order chi connectivity index (χ1) is 8.78. The van der Waals surface area contributed by atoms with Crippen molar-refractivity contribution in [1.82, 2.24) is 14.8 Å². The van der Waals surface area contributed by atoms with Crippen molar-refractivity contribution in [2.75, 3.05) is 0 Å². The van der Waals surface area contributed by atoms with E-state index in [1.54, 1.807) is 0 Å². The highest BCUT2D eigenvalue weighted by Crippen LogP contribution is 2.36. The molecule has 3 rings (SSSR count). The van der Waals surface area contributed by atoms with Crippen molar-refractivity contribution < 1.29 is 5.11 Å². The van der Waals surface area contributed by atoms with Crippen LogP contribution in [-0.4, -0.2) is 19.9 Å². The maximum absolute atomic E-state index is 9.29. The van der Waals surface area contributed by atoms with Crippen LogP contribution in [0.4, 0.5) is 0 Å². The van der Waals surface area contributed by atoms with E-state index in [2.05, 4.69) is 46.0 Å². The Hall–Kier alpha value is -1.68. The number of aryl methyl sites for hydroxylation is 1. The van der Waals surface area contributed by atoms with E-state index in [1.165, 1.54) is 24.0 Å². The fourth-order valence-electron chi connectivity index (χ4n) is 2.23. The number of benzene rings is 1. The van der Waals surface area contributed by atoms with Gasteiger partial charge in [-0.3, -0.25) is 0 Å². The van der Waals surface area contributed by atoms with Crippen molar-refractivity contribution in [3.63, 3.8) is 0 Å². The molecule has 0 amide bonds. The minimum absolute atomic E-state index is 0.0304. The molecule has 18 heavy (non-hydrogen) atoms. The third-order valence-electron chi connectivity index (χ3n) is 3.37. The summed E-state index contributed by atoms with van der Waals surface area (Å²) in [6, 6.07) is 8.97. The number of aromatic nitrogens is 3. The van der Waals surface area contributed by atoms with Gasteiger partial charge in [-0.15, -0.1) is 10.2 Å². The smallest absolute Gasteiger partial charge is 0.159 e. The topological polar surface area (TPSA) is 50.9 Å². The molecule has 1 saturated carbocycles. The predicted molar refractivity (Wildman–Crippen MR) is 68.2 cm³/mol. The van der Waals surface area contributed by atoms with Gasteiger partial charge < -0.3 is 9.67 Å². The minimum Gasteiger partial charge on any atom is -0.388 e. The zero-order chi connectivity index (χ0) is 12.5. The Labute approximate surface area is 106 Å². The van der Waals surface area contributed by atoms with E-state index < -0.39 is 0 Å². The normalized spacial score (nSPS) is 15.0. The van der Waals surface area contributed by atoms with Crippen molar-refractivity contribution in [1.29, 1.82) is 0 Å². The largest absolute Gasteiger partial charge is 0.388 e. The highest BCUT2D eigenvalue weighted by Gasteiger charge is 2.28. The summed E-state index contributed by atoms with van der Waals surface area (Å²) in [6.45, 7) is 2.05. The third-order valence-corrected chi connectivity index (χ3v) is 3.37. The van der Waals surface area contributed by atoms with Gasteiger partial charge in [-0.05, 0) is 25.3 Å². The molecular formula is C14H17N3O. The van der Waals surface area contributed by atoms with Crippen molar-refractivity contribution in [2.24, 2.45) is 0 Å². The molecule has 1 aromatic carbocycles. The zero-order valence-corrected chi connectivity index (χ0v) is 10.5. The van der Waals surface area contributed by atoms with Gasteiger partial charge in [0.15, 0.2) is 5.82 Å². The Morgan fingerprint density at radius 1 is 1.17 bits per heavy atom. The molecule has 1 aromatic heterocycles. The number of hydrogen-bond acceptors (Lipinski definition) is 3. The quantitative estimate of drug-likeness (QED) is 0.893. The standard InChI is InChI=1S/C14H17N3O/c1-10-2-4-11(5-3-10)8-13-15-16-14(9-18)17(13)12-6-7-12/h2-5,12,18H,6-9H2,1H3. The fourth-order valence-corrected chi connectivity index (χ4v) is 2.23. The van der Waals surface area contributed by atoms with Gasteiger partial charge in [-0.25, -0.2) is 0 Å². The highest BCUT2D eigenvalue weighted by molar-refractivity contribution is 5.24. The van der Waals surface area contributed by atoms with E-state index in [4.69, 9.17) is 0 Å². The second-order valence-corrected chi connectivity index (χ2v) is 4.95. The van der Waals surface area contributed by atoms with Crippen LogP contribution < -0.4 is 0 Å². The summed E-state index contributed by atoms with van der Waals surface area (Å²) in [4.78, 5) is 0. The molecule has 1 heterocycles. The first-order valence-electron chi connectivity index (χ1n) is 6.37. The van der Waals surface area contributed by atoms with E-state index in [9.17, 15) is 5.11 Å². The predicted octanol–water partition coefficient (Wildman–Crippen LogP) is 2.00.